The number of rotatable bonds is 1. The van der Waals surface area contributed by atoms with Gasteiger partial charge >= 0.3 is 0 Å². The molecule has 0 bridgehead atoms. The van der Waals surface area contributed by atoms with E-state index in [1.165, 1.54) is 6.20 Å². The van der Waals surface area contributed by atoms with E-state index in [-0.39, 0.29) is 0 Å². The zero-order valence-electron chi connectivity index (χ0n) is 6.31. The summed E-state index contributed by atoms with van der Waals surface area (Å²) in [5.74, 6) is 0. The van der Waals surface area contributed by atoms with Crippen LogP contribution in [-0.2, 0) is 0 Å². The minimum atomic E-state index is 0.514. The molecule has 0 aromatic carbocycles. The van der Waals surface area contributed by atoms with Crippen molar-refractivity contribution in [2.45, 2.75) is 0 Å². The molecule has 0 saturated carbocycles. The second kappa shape index (κ2) is 5.26. The minimum absolute atomic E-state index is 0.514. The van der Waals surface area contributed by atoms with Crippen LogP contribution in [0.25, 0.3) is 0 Å². The highest BCUT2D eigenvalue weighted by molar-refractivity contribution is 7.07. The molecule has 3 nitrogen and oxygen atoms in total. The number of aromatic amines is 1. The number of nitrogens with zero attached hydrogens (tertiary/aromatic N) is 1. The maximum absolute atomic E-state index is 9.80. The number of carbonyl (C=O) groups is 1. The Morgan fingerprint density at radius 2 is 2.17 bits per heavy atom. The van der Waals surface area contributed by atoms with Crippen LogP contribution < -0.4 is 0 Å². The zero-order chi connectivity index (χ0) is 8.65. The lowest BCUT2D eigenvalue weighted by atomic mass is 10.5. The van der Waals surface area contributed by atoms with Crippen molar-refractivity contribution in [1.29, 1.82) is 0 Å². The van der Waals surface area contributed by atoms with Gasteiger partial charge in [0.05, 0.1) is 5.69 Å². The van der Waals surface area contributed by atoms with Crippen LogP contribution in [-0.4, -0.2) is 16.5 Å². The molecule has 1 N–H and O–H groups in total. The van der Waals surface area contributed by atoms with Gasteiger partial charge in [0.25, 0.3) is 0 Å². The fourth-order valence-corrected chi connectivity index (χ4v) is 1.01. The van der Waals surface area contributed by atoms with E-state index in [0.29, 0.717) is 12.0 Å². The van der Waals surface area contributed by atoms with Gasteiger partial charge in [-0.1, -0.05) is 12.1 Å². The van der Waals surface area contributed by atoms with Crippen molar-refractivity contribution in [2.75, 3.05) is 0 Å². The molecular formula is C8H8N2OS. The third kappa shape index (κ3) is 3.12. The van der Waals surface area contributed by atoms with E-state index in [2.05, 4.69) is 10.2 Å². The Labute approximate surface area is 74.1 Å². The molecule has 0 aliphatic heterocycles. The summed E-state index contributed by atoms with van der Waals surface area (Å²) in [5, 5.41) is 10.1. The Bertz CT molecular complexity index is 271. The molecule has 2 rings (SSSR count). The highest BCUT2D eigenvalue weighted by Gasteiger charge is 1.82. The van der Waals surface area contributed by atoms with Crippen molar-refractivity contribution in [3.63, 3.8) is 0 Å². The fraction of sp³-hybridized carbons (Fsp3) is 0. The molecule has 0 saturated heterocycles. The van der Waals surface area contributed by atoms with Gasteiger partial charge < -0.3 is 0 Å². The summed E-state index contributed by atoms with van der Waals surface area (Å²) < 4.78 is 0. The van der Waals surface area contributed by atoms with Crippen LogP contribution >= 0.6 is 11.3 Å². The minimum Gasteiger partial charge on any atom is -0.296 e. The van der Waals surface area contributed by atoms with Gasteiger partial charge in [0.15, 0.2) is 6.29 Å². The number of aromatic nitrogens is 2. The lowest BCUT2D eigenvalue weighted by molar-refractivity contribution is 0.111. The summed E-state index contributed by atoms with van der Waals surface area (Å²) in [4.78, 5) is 9.80. The van der Waals surface area contributed by atoms with Crippen LogP contribution in [0.3, 0.4) is 0 Å². The van der Waals surface area contributed by atoms with E-state index in [1.54, 1.807) is 17.4 Å². The van der Waals surface area contributed by atoms with Crippen molar-refractivity contribution >= 4 is 17.6 Å². The Hall–Kier alpha value is -1.42. The van der Waals surface area contributed by atoms with E-state index in [9.17, 15) is 4.79 Å². The standard InChI is InChI=1S/C4H4N2O.C4H4S/c7-3-4-1-2-5-6-4;1-2-4-5-3-1/h1-3H,(H,5,6);1-4H. The lowest BCUT2D eigenvalue weighted by Gasteiger charge is -1.68. The van der Waals surface area contributed by atoms with Crippen molar-refractivity contribution in [2.24, 2.45) is 0 Å². The molecule has 12 heavy (non-hydrogen) atoms. The number of aldehydes is 1. The van der Waals surface area contributed by atoms with Crippen LogP contribution in [0.5, 0.6) is 0 Å². The zero-order valence-corrected chi connectivity index (χ0v) is 7.12. The Morgan fingerprint density at radius 1 is 1.42 bits per heavy atom. The van der Waals surface area contributed by atoms with Crippen molar-refractivity contribution in [1.82, 2.24) is 10.2 Å². The molecule has 0 spiro atoms. The summed E-state index contributed by atoms with van der Waals surface area (Å²) in [6.45, 7) is 0. The van der Waals surface area contributed by atoms with Gasteiger partial charge in [0, 0.05) is 6.20 Å². The lowest BCUT2D eigenvalue weighted by Crippen LogP contribution is -1.75. The van der Waals surface area contributed by atoms with Crippen molar-refractivity contribution in [3.05, 3.63) is 40.8 Å². The molecule has 2 aromatic heterocycles. The normalized spacial score (nSPS) is 8.33. The van der Waals surface area contributed by atoms with E-state index < -0.39 is 0 Å². The fourth-order valence-electron chi connectivity index (χ4n) is 0.559. The Kier molecular flexibility index (Phi) is 3.80. The average molecular weight is 180 g/mol. The summed E-state index contributed by atoms with van der Waals surface area (Å²) in [7, 11) is 0. The van der Waals surface area contributed by atoms with Crippen LogP contribution in [0.4, 0.5) is 0 Å². The quantitative estimate of drug-likeness (QED) is 0.682. The van der Waals surface area contributed by atoms with E-state index >= 15 is 0 Å². The molecule has 4 heteroatoms. The van der Waals surface area contributed by atoms with E-state index in [0.717, 1.165) is 0 Å². The maximum Gasteiger partial charge on any atom is 0.167 e. The molecule has 0 radical (unpaired) electrons. The Morgan fingerprint density at radius 3 is 2.42 bits per heavy atom. The van der Waals surface area contributed by atoms with Crippen LogP contribution in [0, 0.1) is 0 Å². The second-order valence-electron chi connectivity index (χ2n) is 1.92. The number of H-pyrrole nitrogens is 1. The average Bonchev–Trinajstić information content (AvgIpc) is 2.81. The molecular weight excluding hydrogens is 172 g/mol. The van der Waals surface area contributed by atoms with Crippen molar-refractivity contribution < 1.29 is 4.79 Å². The molecule has 2 aromatic rings. The largest absolute Gasteiger partial charge is 0.296 e. The molecule has 0 aliphatic carbocycles. The van der Waals surface area contributed by atoms with Gasteiger partial charge in [-0.25, -0.2) is 0 Å². The molecule has 62 valence electrons. The number of thiophene rings is 1. The highest BCUT2D eigenvalue weighted by atomic mass is 32.1. The molecule has 0 amide bonds. The first-order valence-corrected chi connectivity index (χ1v) is 4.29. The predicted molar refractivity (Wildman–Crippen MR) is 48.3 cm³/mol. The topological polar surface area (TPSA) is 45.8 Å². The first-order valence-electron chi connectivity index (χ1n) is 3.35. The molecule has 0 atom stereocenters. The highest BCUT2D eigenvalue weighted by Crippen LogP contribution is 1.91. The van der Waals surface area contributed by atoms with Gasteiger partial charge in [-0.3, -0.25) is 9.89 Å². The van der Waals surface area contributed by atoms with E-state index in [4.69, 9.17) is 0 Å². The van der Waals surface area contributed by atoms with Gasteiger partial charge in [-0.2, -0.15) is 16.4 Å². The molecule has 0 aliphatic rings. The molecule has 0 unspecified atom stereocenters. The smallest absolute Gasteiger partial charge is 0.167 e. The second-order valence-corrected chi connectivity index (χ2v) is 2.74. The van der Waals surface area contributed by atoms with Crippen LogP contribution in [0.15, 0.2) is 35.2 Å². The molecule has 0 fully saturated rings. The SMILES string of the molecule is O=Cc1ccn[nH]1.c1ccsc1. The summed E-state index contributed by atoms with van der Waals surface area (Å²) in [6, 6.07) is 5.64. The first-order chi connectivity index (χ1) is 5.93. The summed E-state index contributed by atoms with van der Waals surface area (Å²) >= 11 is 1.71. The van der Waals surface area contributed by atoms with Gasteiger partial charge in [-0.05, 0) is 16.8 Å². The third-order valence-electron chi connectivity index (χ3n) is 1.07. The Balaban J connectivity index is 0.000000127. The maximum atomic E-state index is 9.80. The van der Waals surface area contributed by atoms with Crippen LogP contribution in [0.1, 0.15) is 10.5 Å². The monoisotopic (exact) mass is 180 g/mol. The third-order valence-corrected chi connectivity index (χ3v) is 1.70. The van der Waals surface area contributed by atoms with Gasteiger partial charge in [0.1, 0.15) is 0 Å². The predicted octanol–water partition coefficient (Wildman–Crippen LogP) is 1.97. The number of hydrogen-bond acceptors (Lipinski definition) is 3. The summed E-state index contributed by atoms with van der Waals surface area (Å²) in [5.41, 5.74) is 0.514. The van der Waals surface area contributed by atoms with Crippen LogP contribution in [0.2, 0.25) is 0 Å². The van der Waals surface area contributed by atoms with E-state index in [1.807, 2.05) is 22.9 Å². The van der Waals surface area contributed by atoms with Gasteiger partial charge in [-0.15, -0.1) is 0 Å². The summed E-state index contributed by atoms with van der Waals surface area (Å²) in [6.07, 6.45) is 2.25. The number of hydrogen-bond donors (Lipinski definition) is 1. The number of carbonyl (C=O) groups excluding carboxylic acids is 1. The number of nitrogens with one attached hydrogen (secondary N) is 1. The van der Waals surface area contributed by atoms with Gasteiger partial charge in [0.2, 0.25) is 0 Å². The first kappa shape index (κ1) is 8.67. The molecule has 2 heterocycles. The van der Waals surface area contributed by atoms with Crippen molar-refractivity contribution in [3.8, 4) is 0 Å².